The number of nitro benzene ring substituents is 1. The van der Waals surface area contributed by atoms with Gasteiger partial charge in [-0.1, -0.05) is 18.2 Å². The molecule has 20 heavy (non-hydrogen) atoms. The zero-order valence-corrected chi connectivity index (χ0v) is 12.4. The molecule has 0 spiro atoms. The quantitative estimate of drug-likeness (QED) is 0.652. The van der Waals surface area contributed by atoms with Gasteiger partial charge in [0.2, 0.25) is 0 Å². The monoisotopic (exact) mass is 290 g/mol. The van der Waals surface area contributed by atoms with Crippen LogP contribution >= 0.6 is 11.3 Å². The lowest BCUT2D eigenvalue weighted by Gasteiger charge is -2.14. The van der Waals surface area contributed by atoms with Crippen LogP contribution in [0, 0.1) is 17.0 Å². The van der Waals surface area contributed by atoms with Crippen LogP contribution in [0.4, 0.5) is 5.69 Å². The summed E-state index contributed by atoms with van der Waals surface area (Å²) in [4.78, 5) is 11.9. The third kappa shape index (κ3) is 3.65. The highest BCUT2D eigenvalue weighted by atomic mass is 32.1. The Hall–Kier alpha value is -1.72. The molecule has 0 saturated heterocycles. The molecule has 0 bridgehead atoms. The summed E-state index contributed by atoms with van der Waals surface area (Å²) in [6, 6.07) is 9.75. The number of thiophene rings is 1. The first-order chi connectivity index (χ1) is 9.58. The van der Waals surface area contributed by atoms with Crippen LogP contribution in [0.3, 0.4) is 0 Å². The Morgan fingerprint density at radius 2 is 2.15 bits per heavy atom. The minimum Gasteiger partial charge on any atom is -0.310 e. The molecule has 1 aromatic carbocycles. The molecule has 1 atom stereocenters. The summed E-state index contributed by atoms with van der Waals surface area (Å²) in [7, 11) is 0. The van der Waals surface area contributed by atoms with E-state index in [1.807, 2.05) is 6.07 Å². The van der Waals surface area contributed by atoms with E-state index < -0.39 is 0 Å². The molecule has 1 unspecified atom stereocenters. The molecule has 0 radical (unpaired) electrons. The minimum absolute atomic E-state index is 0.190. The Labute approximate surface area is 122 Å². The number of nitro groups is 1. The summed E-state index contributed by atoms with van der Waals surface area (Å²) in [6.45, 7) is 4.59. The Kier molecular flexibility index (Phi) is 4.87. The first-order valence-electron chi connectivity index (χ1n) is 6.56. The Balaban J connectivity index is 1.97. The van der Waals surface area contributed by atoms with Gasteiger partial charge < -0.3 is 5.32 Å². The number of hydrogen-bond donors (Lipinski definition) is 1. The minimum atomic E-state index is -0.325. The maximum absolute atomic E-state index is 10.9. The van der Waals surface area contributed by atoms with Crippen molar-refractivity contribution in [1.82, 2.24) is 5.32 Å². The van der Waals surface area contributed by atoms with Gasteiger partial charge in [-0.15, -0.1) is 11.3 Å². The Bertz CT molecular complexity index is 582. The summed E-state index contributed by atoms with van der Waals surface area (Å²) in [6.07, 6.45) is 0.978. The molecule has 0 aliphatic heterocycles. The third-order valence-corrected chi connectivity index (χ3v) is 4.24. The topological polar surface area (TPSA) is 55.2 Å². The number of hydrogen-bond acceptors (Lipinski definition) is 4. The van der Waals surface area contributed by atoms with Crippen molar-refractivity contribution in [3.05, 3.63) is 61.8 Å². The van der Waals surface area contributed by atoms with Crippen molar-refractivity contribution in [1.29, 1.82) is 0 Å². The van der Waals surface area contributed by atoms with Gasteiger partial charge in [-0.25, -0.2) is 0 Å². The van der Waals surface area contributed by atoms with E-state index in [9.17, 15) is 10.1 Å². The zero-order valence-electron chi connectivity index (χ0n) is 11.6. The fourth-order valence-corrected chi connectivity index (χ4v) is 2.98. The SMILES string of the molecule is Cc1c(CNC(C)Cc2cccs2)cccc1[N+](=O)[O-]. The molecular weight excluding hydrogens is 272 g/mol. The smallest absolute Gasteiger partial charge is 0.272 e. The van der Waals surface area contributed by atoms with Crippen LogP contribution in [0.25, 0.3) is 0 Å². The zero-order chi connectivity index (χ0) is 14.5. The van der Waals surface area contributed by atoms with Gasteiger partial charge in [-0.05, 0) is 37.3 Å². The van der Waals surface area contributed by atoms with Crippen LogP contribution in [-0.4, -0.2) is 11.0 Å². The van der Waals surface area contributed by atoms with Crippen LogP contribution in [-0.2, 0) is 13.0 Å². The second kappa shape index (κ2) is 6.63. The van der Waals surface area contributed by atoms with E-state index in [1.165, 1.54) is 4.88 Å². The van der Waals surface area contributed by atoms with E-state index in [4.69, 9.17) is 0 Å². The van der Waals surface area contributed by atoms with Crippen molar-refractivity contribution in [2.45, 2.75) is 32.9 Å². The summed E-state index contributed by atoms with van der Waals surface area (Å²) in [5, 5.41) is 16.4. The lowest BCUT2D eigenvalue weighted by Crippen LogP contribution is -2.27. The molecule has 2 aromatic rings. The fourth-order valence-electron chi connectivity index (χ4n) is 2.15. The van der Waals surface area contributed by atoms with E-state index in [1.54, 1.807) is 30.4 Å². The molecule has 2 rings (SSSR count). The highest BCUT2D eigenvalue weighted by Gasteiger charge is 2.13. The molecule has 0 amide bonds. The van der Waals surface area contributed by atoms with Crippen molar-refractivity contribution >= 4 is 17.0 Å². The molecule has 4 nitrogen and oxygen atoms in total. The Morgan fingerprint density at radius 3 is 2.80 bits per heavy atom. The van der Waals surface area contributed by atoms with Gasteiger partial charge in [-0.2, -0.15) is 0 Å². The van der Waals surface area contributed by atoms with Crippen molar-refractivity contribution in [3.8, 4) is 0 Å². The van der Waals surface area contributed by atoms with Gasteiger partial charge in [0.05, 0.1) is 4.92 Å². The van der Waals surface area contributed by atoms with Crippen LogP contribution < -0.4 is 5.32 Å². The first kappa shape index (κ1) is 14.7. The van der Waals surface area contributed by atoms with Gasteiger partial charge in [-0.3, -0.25) is 10.1 Å². The average molecular weight is 290 g/mol. The molecule has 0 aliphatic rings. The molecule has 1 aromatic heterocycles. The van der Waals surface area contributed by atoms with Crippen molar-refractivity contribution in [2.75, 3.05) is 0 Å². The fraction of sp³-hybridized carbons (Fsp3) is 0.333. The Morgan fingerprint density at radius 1 is 1.35 bits per heavy atom. The van der Waals surface area contributed by atoms with Crippen molar-refractivity contribution in [2.24, 2.45) is 0 Å². The maximum Gasteiger partial charge on any atom is 0.272 e. The maximum atomic E-state index is 10.9. The molecule has 0 aliphatic carbocycles. The highest BCUT2D eigenvalue weighted by molar-refractivity contribution is 7.09. The predicted octanol–water partition coefficient (Wildman–Crippen LogP) is 3.69. The number of nitrogens with zero attached hydrogens (tertiary/aromatic N) is 1. The number of rotatable bonds is 6. The number of nitrogens with one attached hydrogen (secondary N) is 1. The third-order valence-electron chi connectivity index (χ3n) is 3.34. The van der Waals surface area contributed by atoms with Crippen molar-refractivity contribution < 1.29 is 4.92 Å². The van der Waals surface area contributed by atoms with E-state index in [0.29, 0.717) is 12.6 Å². The van der Waals surface area contributed by atoms with E-state index in [2.05, 4.69) is 29.8 Å². The molecule has 1 N–H and O–H groups in total. The van der Waals surface area contributed by atoms with E-state index in [-0.39, 0.29) is 10.6 Å². The average Bonchev–Trinajstić information content (AvgIpc) is 2.90. The van der Waals surface area contributed by atoms with E-state index in [0.717, 1.165) is 17.5 Å². The van der Waals surface area contributed by atoms with Crippen molar-refractivity contribution in [3.63, 3.8) is 0 Å². The summed E-state index contributed by atoms with van der Waals surface area (Å²) >= 11 is 1.75. The lowest BCUT2D eigenvalue weighted by molar-refractivity contribution is -0.385. The van der Waals surface area contributed by atoms with E-state index >= 15 is 0 Å². The standard InChI is InChI=1S/C15H18N2O2S/c1-11(9-14-6-4-8-20-14)16-10-13-5-3-7-15(12(13)2)17(18)19/h3-8,11,16H,9-10H2,1-2H3. The van der Waals surface area contributed by atoms with Crippen LogP contribution in [0.15, 0.2) is 35.7 Å². The molecular formula is C15H18N2O2S. The molecule has 5 heteroatoms. The lowest BCUT2D eigenvalue weighted by atomic mass is 10.1. The normalized spacial score (nSPS) is 12.3. The predicted molar refractivity (Wildman–Crippen MR) is 82.2 cm³/mol. The van der Waals surface area contributed by atoms with Crippen LogP contribution in [0.1, 0.15) is 22.9 Å². The van der Waals surface area contributed by atoms with Gasteiger partial charge in [0.15, 0.2) is 0 Å². The first-order valence-corrected chi connectivity index (χ1v) is 7.44. The van der Waals surface area contributed by atoms with Gasteiger partial charge in [0, 0.05) is 29.1 Å². The summed E-state index contributed by atoms with van der Waals surface area (Å²) in [5.41, 5.74) is 1.92. The highest BCUT2D eigenvalue weighted by Crippen LogP contribution is 2.21. The molecule has 1 heterocycles. The van der Waals surface area contributed by atoms with Crippen LogP contribution in [0.2, 0.25) is 0 Å². The number of benzene rings is 1. The second-order valence-electron chi connectivity index (χ2n) is 4.88. The van der Waals surface area contributed by atoms with Gasteiger partial charge in [0.1, 0.15) is 0 Å². The molecule has 0 fully saturated rings. The van der Waals surface area contributed by atoms with Crippen LogP contribution in [0.5, 0.6) is 0 Å². The van der Waals surface area contributed by atoms with Gasteiger partial charge in [0.25, 0.3) is 5.69 Å². The second-order valence-corrected chi connectivity index (χ2v) is 5.92. The van der Waals surface area contributed by atoms with Gasteiger partial charge >= 0.3 is 0 Å². The summed E-state index contributed by atoms with van der Waals surface area (Å²) < 4.78 is 0. The largest absolute Gasteiger partial charge is 0.310 e. The summed E-state index contributed by atoms with van der Waals surface area (Å²) in [5.74, 6) is 0. The molecule has 0 saturated carbocycles. The molecule has 106 valence electrons.